The van der Waals surface area contributed by atoms with Crippen LogP contribution in [0, 0.1) is 0 Å². The van der Waals surface area contributed by atoms with Crippen molar-refractivity contribution in [3.63, 3.8) is 0 Å². The summed E-state index contributed by atoms with van der Waals surface area (Å²) in [6, 6.07) is 0. The topological polar surface area (TPSA) is 115 Å². The Hall–Kier alpha value is -2.22. The van der Waals surface area contributed by atoms with Gasteiger partial charge < -0.3 is 24.0 Å². The number of hydrogen-bond donors (Lipinski definition) is 2. The molecule has 0 aromatic rings. The molecule has 0 aliphatic carbocycles. The van der Waals surface area contributed by atoms with E-state index in [1.165, 1.54) is 76.9 Å². The van der Waals surface area contributed by atoms with Crippen LogP contribution in [0.25, 0.3) is 0 Å². The lowest BCUT2D eigenvalue weighted by molar-refractivity contribution is -0.147. The Bertz CT molecular complexity index is 1040. The third kappa shape index (κ3) is 31.7. The molecular weight excluding hydrogens is 651 g/mol. The van der Waals surface area contributed by atoms with Crippen LogP contribution in [-0.4, -0.2) is 47.3 Å². The summed E-state index contributed by atoms with van der Waals surface area (Å²) < 4.78 is 32.3. The van der Waals surface area contributed by atoms with Gasteiger partial charge in [-0.1, -0.05) is 145 Å². The van der Waals surface area contributed by atoms with E-state index in [0.717, 1.165) is 51.4 Å². The van der Waals surface area contributed by atoms with Crippen LogP contribution in [0.5, 0.6) is 0 Å². The molecule has 8 nitrogen and oxygen atoms in total. The predicted octanol–water partition coefficient (Wildman–Crippen LogP) is 11.3. The molecule has 2 unspecified atom stereocenters. The third-order valence-electron chi connectivity index (χ3n) is 8.28. The second-order valence-corrected chi connectivity index (χ2v) is 14.2. The molecule has 9 heteroatoms. The molecule has 1 rings (SSSR count). The quantitative estimate of drug-likeness (QED) is 0.0169. The molecule has 3 atom stereocenters. The zero-order valence-corrected chi connectivity index (χ0v) is 32.1. The first-order chi connectivity index (χ1) is 24.4. The number of esters is 1. The molecule has 0 spiro atoms. The monoisotopic (exact) mass is 720 g/mol. The van der Waals surface area contributed by atoms with Crippen LogP contribution in [0.3, 0.4) is 0 Å². The zero-order chi connectivity index (χ0) is 36.4. The molecule has 2 N–H and O–H groups in total. The van der Waals surface area contributed by atoms with E-state index in [2.05, 4.69) is 67.0 Å². The van der Waals surface area contributed by atoms with Crippen molar-refractivity contribution in [1.29, 1.82) is 0 Å². The first-order valence-corrected chi connectivity index (χ1v) is 20.9. The van der Waals surface area contributed by atoms with Gasteiger partial charge in [-0.25, -0.2) is 4.57 Å². The highest BCUT2D eigenvalue weighted by Crippen LogP contribution is 2.36. The van der Waals surface area contributed by atoms with Gasteiger partial charge in [-0.15, -0.1) is 0 Å². The molecule has 0 saturated carbocycles. The van der Waals surface area contributed by atoms with E-state index in [4.69, 9.17) is 24.0 Å². The number of allylic oxidation sites excluding steroid dienone is 9. The Morgan fingerprint density at radius 2 is 1.18 bits per heavy atom. The fourth-order valence-electron chi connectivity index (χ4n) is 5.26. The summed E-state index contributed by atoms with van der Waals surface area (Å²) >= 11 is 0. The third-order valence-corrected chi connectivity index (χ3v) is 8.76. The summed E-state index contributed by atoms with van der Waals surface area (Å²) in [5, 5.41) is 0. The minimum absolute atomic E-state index is 0.149. The Balaban J connectivity index is 2.10. The van der Waals surface area contributed by atoms with E-state index in [-0.39, 0.29) is 19.6 Å². The Kier molecular flexibility index (Phi) is 29.9. The van der Waals surface area contributed by atoms with E-state index in [9.17, 15) is 9.36 Å². The van der Waals surface area contributed by atoms with E-state index < -0.39 is 19.9 Å². The van der Waals surface area contributed by atoms with Crippen LogP contribution < -0.4 is 0 Å². The first kappa shape index (κ1) is 45.8. The van der Waals surface area contributed by atoms with Crippen LogP contribution in [0.2, 0.25) is 0 Å². The maximum Gasteiger partial charge on any atom is 0.469 e. The molecule has 0 radical (unpaired) electrons. The van der Waals surface area contributed by atoms with Crippen LogP contribution >= 0.6 is 7.82 Å². The number of carbonyl (C=O) groups is 1. The SMILES string of the molecule is CC/C=C\CC1OC1C/C=C\C/C=C\C/C=C\C/C=C\CCC(=O)OC[C@H](COP(=O)(O)O)O/C=C/CCCCCCCCCCCCCC. The molecule has 50 heavy (non-hydrogen) atoms. The van der Waals surface area contributed by atoms with Crippen LogP contribution in [0.4, 0.5) is 0 Å². The Labute approximate surface area is 304 Å². The summed E-state index contributed by atoms with van der Waals surface area (Å²) in [6.45, 7) is 3.86. The van der Waals surface area contributed by atoms with Crippen LogP contribution in [0.15, 0.2) is 73.1 Å². The largest absolute Gasteiger partial charge is 0.492 e. The van der Waals surface area contributed by atoms with Gasteiger partial charge in [-0.2, -0.15) is 0 Å². The Morgan fingerprint density at radius 1 is 0.660 bits per heavy atom. The molecule has 1 heterocycles. The molecule has 1 saturated heterocycles. The molecule has 1 aliphatic heterocycles. The number of hydrogen-bond acceptors (Lipinski definition) is 6. The van der Waals surface area contributed by atoms with E-state index in [1.54, 1.807) is 0 Å². The minimum Gasteiger partial charge on any atom is -0.492 e. The molecule has 0 aromatic heterocycles. The van der Waals surface area contributed by atoms with Crippen molar-refractivity contribution in [2.75, 3.05) is 13.2 Å². The maximum atomic E-state index is 12.2. The van der Waals surface area contributed by atoms with E-state index >= 15 is 0 Å². The van der Waals surface area contributed by atoms with Gasteiger partial charge in [-0.05, 0) is 63.9 Å². The second-order valence-electron chi connectivity index (χ2n) is 13.0. The van der Waals surface area contributed by atoms with Crippen molar-refractivity contribution in [2.45, 2.75) is 167 Å². The highest BCUT2D eigenvalue weighted by Gasteiger charge is 2.35. The van der Waals surface area contributed by atoms with Gasteiger partial charge >= 0.3 is 13.8 Å². The molecular formula is C41H69O8P. The van der Waals surface area contributed by atoms with Crippen molar-refractivity contribution < 1.29 is 37.9 Å². The zero-order valence-electron chi connectivity index (χ0n) is 31.2. The molecule has 1 aliphatic rings. The van der Waals surface area contributed by atoms with Crippen LogP contribution in [0.1, 0.15) is 149 Å². The minimum atomic E-state index is -4.66. The summed E-state index contributed by atoms with van der Waals surface area (Å²) in [5.41, 5.74) is 0. The molecule has 0 bridgehead atoms. The van der Waals surface area contributed by atoms with Crippen molar-refractivity contribution in [3.05, 3.63) is 73.1 Å². The average Bonchev–Trinajstić information content (AvgIpc) is 3.84. The van der Waals surface area contributed by atoms with Gasteiger partial charge in [0, 0.05) is 6.42 Å². The van der Waals surface area contributed by atoms with Gasteiger partial charge in [0.1, 0.15) is 6.61 Å². The highest BCUT2D eigenvalue weighted by atomic mass is 31.2. The van der Waals surface area contributed by atoms with Gasteiger partial charge in [0.05, 0.1) is 25.1 Å². The Morgan fingerprint density at radius 3 is 1.74 bits per heavy atom. The number of carbonyl (C=O) groups excluding carboxylic acids is 1. The van der Waals surface area contributed by atoms with Gasteiger partial charge in [-0.3, -0.25) is 9.32 Å². The van der Waals surface area contributed by atoms with Gasteiger partial charge in [0.2, 0.25) is 0 Å². The average molecular weight is 721 g/mol. The lowest BCUT2D eigenvalue weighted by Gasteiger charge is -2.17. The van der Waals surface area contributed by atoms with Crippen LogP contribution in [-0.2, 0) is 28.1 Å². The van der Waals surface area contributed by atoms with Crippen molar-refractivity contribution in [3.8, 4) is 0 Å². The second kappa shape index (κ2) is 32.7. The number of rotatable bonds is 34. The summed E-state index contributed by atoms with van der Waals surface area (Å²) in [6.07, 6.45) is 47.5. The number of epoxide rings is 1. The summed E-state index contributed by atoms with van der Waals surface area (Å²) in [7, 11) is -4.66. The lowest BCUT2D eigenvalue weighted by atomic mass is 10.0. The fourth-order valence-corrected chi connectivity index (χ4v) is 5.62. The first-order valence-electron chi connectivity index (χ1n) is 19.4. The van der Waals surface area contributed by atoms with E-state index in [1.807, 2.05) is 18.2 Å². The normalized spacial score (nSPS) is 17.4. The molecule has 286 valence electrons. The van der Waals surface area contributed by atoms with Gasteiger partial charge in [0.25, 0.3) is 0 Å². The smallest absolute Gasteiger partial charge is 0.469 e. The van der Waals surface area contributed by atoms with Crippen molar-refractivity contribution in [1.82, 2.24) is 0 Å². The lowest BCUT2D eigenvalue weighted by Crippen LogP contribution is -2.25. The standard InChI is InChI=1S/C41H69O8P/c1-3-5-7-8-9-10-11-12-15-18-21-24-27-31-35-46-38(37-48-50(43,44)45)36-47-41(42)34-30-26-23-20-17-14-13-16-19-22-25-29-33-40-39(49-40)32-28-6-4-2/h6,14,16-17,19,23,25-26,28-29,31,35,38-40H,3-5,7-13,15,18,20-22,24,27,30,32-34,36-37H2,1-2H3,(H2,43,44,45)/b17-14-,19-16-,26-23-,28-6-,29-25-,35-31+/t38-,39?,40?/m1/s1. The fraction of sp³-hybridized carbons (Fsp3) is 0.683. The van der Waals surface area contributed by atoms with Gasteiger partial charge in [0.15, 0.2) is 6.10 Å². The highest BCUT2D eigenvalue weighted by molar-refractivity contribution is 7.46. The molecule has 0 aromatic carbocycles. The maximum absolute atomic E-state index is 12.2. The summed E-state index contributed by atoms with van der Waals surface area (Å²) in [4.78, 5) is 30.3. The number of unbranched alkanes of at least 4 members (excludes halogenated alkanes) is 12. The van der Waals surface area contributed by atoms with E-state index in [0.29, 0.717) is 18.6 Å². The summed E-state index contributed by atoms with van der Waals surface area (Å²) in [5.74, 6) is -0.400. The van der Waals surface area contributed by atoms with Crippen molar-refractivity contribution >= 4 is 13.8 Å². The predicted molar refractivity (Wildman–Crippen MR) is 206 cm³/mol. The van der Waals surface area contributed by atoms with Crippen molar-refractivity contribution in [2.24, 2.45) is 0 Å². The number of phosphoric ester groups is 1. The molecule has 1 fully saturated rings. The molecule has 0 amide bonds. The number of phosphoric acid groups is 1. The number of ether oxygens (including phenoxy) is 3.